The van der Waals surface area contributed by atoms with Gasteiger partial charge in [-0.25, -0.2) is 4.98 Å². The molecule has 168 valence electrons. The number of nitrogens with zero attached hydrogens (tertiary/aromatic N) is 2. The lowest BCUT2D eigenvalue weighted by atomic mass is 9.92. The summed E-state index contributed by atoms with van der Waals surface area (Å²) in [7, 11) is 0. The van der Waals surface area contributed by atoms with Crippen LogP contribution in [-0.4, -0.2) is 20.8 Å². The van der Waals surface area contributed by atoms with Gasteiger partial charge in [-0.3, -0.25) is 4.79 Å². The number of hydrogen-bond donors (Lipinski definition) is 1. The summed E-state index contributed by atoms with van der Waals surface area (Å²) in [6, 6.07) is 19.4. The van der Waals surface area contributed by atoms with Crippen molar-refractivity contribution in [3.63, 3.8) is 0 Å². The number of aliphatic hydroxyl groups is 1. The molecule has 2 heterocycles. The van der Waals surface area contributed by atoms with Crippen LogP contribution in [0.2, 0.25) is 0 Å². The van der Waals surface area contributed by atoms with Crippen molar-refractivity contribution in [2.24, 2.45) is 0 Å². The van der Waals surface area contributed by atoms with E-state index in [1.165, 1.54) is 0 Å². The molecule has 0 unspecified atom stereocenters. The van der Waals surface area contributed by atoms with Crippen LogP contribution in [0, 0.1) is 0 Å². The Morgan fingerprint density at radius 1 is 1.03 bits per heavy atom. The van der Waals surface area contributed by atoms with Gasteiger partial charge in [0, 0.05) is 35.0 Å². The second-order valence-corrected chi connectivity index (χ2v) is 9.29. The van der Waals surface area contributed by atoms with Crippen LogP contribution >= 0.6 is 11.3 Å². The van der Waals surface area contributed by atoms with Crippen LogP contribution in [0.25, 0.3) is 21.7 Å². The molecule has 1 N–H and O–H groups in total. The van der Waals surface area contributed by atoms with E-state index in [9.17, 15) is 9.90 Å². The van der Waals surface area contributed by atoms with E-state index < -0.39 is 6.10 Å². The molecule has 1 aliphatic rings. The van der Waals surface area contributed by atoms with Crippen LogP contribution in [0.4, 0.5) is 0 Å². The molecule has 0 amide bonds. The largest absolute Gasteiger partial charge is 0.488 e. The second kappa shape index (κ2) is 9.73. The summed E-state index contributed by atoms with van der Waals surface area (Å²) in [4.78, 5) is 17.2. The maximum absolute atomic E-state index is 12.9. The molecule has 5 rings (SSSR count). The van der Waals surface area contributed by atoms with E-state index >= 15 is 0 Å². The van der Waals surface area contributed by atoms with E-state index in [0.717, 1.165) is 58.7 Å². The molecule has 2 aromatic heterocycles. The van der Waals surface area contributed by atoms with Gasteiger partial charge in [-0.2, -0.15) is 0 Å². The fraction of sp³-hybridized carbons (Fsp3) is 0.259. The Labute approximate surface area is 197 Å². The monoisotopic (exact) mass is 458 g/mol. The van der Waals surface area contributed by atoms with Gasteiger partial charge < -0.3 is 14.4 Å². The third-order valence-corrected chi connectivity index (χ3v) is 7.05. The van der Waals surface area contributed by atoms with E-state index in [4.69, 9.17) is 4.74 Å². The molecule has 6 heteroatoms. The van der Waals surface area contributed by atoms with Crippen molar-refractivity contribution >= 4 is 11.3 Å². The minimum Gasteiger partial charge on any atom is -0.488 e. The number of thiazole rings is 1. The van der Waals surface area contributed by atoms with Crippen molar-refractivity contribution < 1.29 is 9.84 Å². The highest BCUT2D eigenvalue weighted by Gasteiger charge is 2.25. The van der Waals surface area contributed by atoms with Crippen molar-refractivity contribution in [3.8, 4) is 27.4 Å². The van der Waals surface area contributed by atoms with E-state index in [-0.39, 0.29) is 11.6 Å². The summed E-state index contributed by atoms with van der Waals surface area (Å²) < 4.78 is 7.83. The molecule has 0 radical (unpaired) electrons. The normalized spacial score (nSPS) is 18.2. The fourth-order valence-electron chi connectivity index (χ4n) is 4.45. The van der Waals surface area contributed by atoms with Crippen molar-refractivity contribution in [2.75, 3.05) is 0 Å². The van der Waals surface area contributed by atoms with Gasteiger partial charge in [0.1, 0.15) is 17.4 Å². The SMILES string of the molecule is O=c1cc(-c2ccccc2OCc2ccc(-c3nccs3)cc2)ccn1[C@H]1CCCC[C@@H]1O. The van der Waals surface area contributed by atoms with Gasteiger partial charge in [-0.15, -0.1) is 11.3 Å². The molecular formula is C27H26N2O3S. The lowest BCUT2D eigenvalue weighted by Crippen LogP contribution is -2.34. The molecule has 2 aromatic carbocycles. The first-order chi connectivity index (χ1) is 16.2. The van der Waals surface area contributed by atoms with Gasteiger partial charge >= 0.3 is 0 Å². The Hall–Kier alpha value is -3.22. The Morgan fingerprint density at radius 3 is 2.61 bits per heavy atom. The first-order valence-corrected chi connectivity index (χ1v) is 12.2. The predicted octanol–water partition coefficient (Wildman–Crippen LogP) is 5.69. The number of aliphatic hydroxyl groups excluding tert-OH is 1. The minimum atomic E-state index is -0.458. The Bertz CT molecular complexity index is 1270. The molecule has 0 spiro atoms. The molecule has 1 fully saturated rings. The number of pyridine rings is 1. The highest BCUT2D eigenvalue weighted by molar-refractivity contribution is 7.13. The van der Waals surface area contributed by atoms with Gasteiger partial charge in [-0.1, -0.05) is 55.3 Å². The number of aromatic nitrogens is 2. The zero-order valence-corrected chi connectivity index (χ0v) is 19.1. The molecule has 1 aliphatic carbocycles. The number of para-hydroxylation sites is 1. The maximum Gasteiger partial charge on any atom is 0.251 e. The third kappa shape index (κ3) is 4.77. The van der Waals surface area contributed by atoms with Crippen LogP contribution in [0.15, 0.2) is 83.2 Å². The Balaban J connectivity index is 1.34. The average Bonchev–Trinajstić information content (AvgIpc) is 3.39. The number of rotatable bonds is 6. The van der Waals surface area contributed by atoms with Crippen LogP contribution in [0.5, 0.6) is 5.75 Å². The molecular weight excluding hydrogens is 432 g/mol. The lowest BCUT2D eigenvalue weighted by Gasteiger charge is -2.29. The predicted molar refractivity (Wildman–Crippen MR) is 132 cm³/mol. The number of benzene rings is 2. The van der Waals surface area contributed by atoms with E-state index in [1.807, 2.05) is 48.1 Å². The summed E-state index contributed by atoms with van der Waals surface area (Å²) in [5.74, 6) is 0.733. The van der Waals surface area contributed by atoms with Crippen LogP contribution in [0.3, 0.4) is 0 Å². The average molecular weight is 459 g/mol. The standard InChI is InChI=1S/C27H26N2O3S/c30-24-7-3-2-6-23(24)29-15-13-21(17-26(29)31)22-5-1-4-8-25(22)32-18-19-9-11-20(12-10-19)27-28-14-16-33-27/h1,4-5,8-17,23-24,30H,2-3,6-7,18H2/t23-,24-/m0/s1. The zero-order valence-electron chi connectivity index (χ0n) is 18.3. The first kappa shape index (κ1) is 21.6. The van der Waals surface area contributed by atoms with Crippen LogP contribution in [-0.2, 0) is 6.61 Å². The summed E-state index contributed by atoms with van der Waals surface area (Å²) in [5.41, 5.74) is 3.76. The topological polar surface area (TPSA) is 64.3 Å². The summed E-state index contributed by atoms with van der Waals surface area (Å²) in [6.45, 7) is 0.431. The van der Waals surface area contributed by atoms with Crippen LogP contribution < -0.4 is 10.3 Å². The van der Waals surface area contributed by atoms with Gasteiger partial charge in [0.2, 0.25) is 0 Å². The Kier molecular flexibility index (Phi) is 6.37. The molecule has 5 nitrogen and oxygen atoms in total. The minimum absolute atomic E-state index is 0.0916. The zero-order chi connectivity index (χ0) is 22.6. The second-order valence-electron chi connectivity index (χ2n) is 8.40. The van der Waals surface area contributed by atoms with Gasteiger partial charge in [-0.05, 0) is 36.1 Å². The van der Waals surface area contributed by atoms with Crippen LogP contribution in [0.1, 0.15) is 37.3 Å². The number of ether oxygens (including phenoxy) is 1. The Morgan fingerprint density at radius 2 is 1.85 bits per heavy atom. The molecule has 2 atom stereocenters. The highest BCUT2D eigenvalue weighted by atomic mass is 32.1. The van der Waals surface area contributed by atoms with Crippen molar-refractivity contribution in [2.45, 2.75) is 44.4 Å². The molecule has 0 saturated heterocycles. The first-order valence-electron chi connectivity index (χ1n) is 11.3. The fourth-order valence-corrected chi connectivity index (χ4v) is 5.09. The van der Waals surface area contributed by atoms with Crippen molar-refractivity contribution in [1.82, 2.24) is 9.55 Å². The molecule has 0 aliphatic heterocycles. The van der Waals surface area contributed by atoms with E-state index in [2.05, 4.69) is 29.2 Å². The van der Waals surface area contributed by atoms with Gasteiger partial charge in [0.15, 0.2) is 0 Å². The quantitative estimate of drug-likeness (QED) is 0.403. The van der Waals surface area contributed by atoms with Crippen molar-refractivity contribution in [3.05, 3.63) is 94.4 Å². The summed E-state index contributed by atoms with van der Waals surface area (Å²) >= 11 is 1.62. The van der Waals surface area contributed by atoms with Crippen molar-refractivity contribution in [1.29, 1.82) is 0 Å². The molecule has 33 heavy (non-hydrogen) atoms. The maximum atomic E-state index is 12.9. The van der Waals surface area contributed by atoms with E-state index in [1.54, 1.807) is 22.0 Å². The molecule has 4 aromatic rings. The van der Waals surface area contributed by atoms with E-state index in [0.29, 0.717) is 6.61 Å². The van der Waals surface area contributed by atoms with Gasteiger partial charge in [0.25, 0.3) is 5.56 Å². The highest BCUT2D eigenvalue weighted by Crippen LogP contribution is 2.32. The smallest absolute Gasteiger partial charge is 0.251 e. The lowest BCUT2D eigenvalue weighted by molar-refractivity contribution is 0.0738. The third-order valence-electron chi connectivity index (χ3n) is 6.22. The molecule has 1 saturated carbocycles. The summed E-state index contributed by atoms with van der Waals surface area (Å²) in [6.07, 6.45) is 6.80. The molecule has 0 bridgehead atoms. The van der Waals surface area contributed by atoms with Gasteiger partial charge in [0.05, 0.1) is 12.1 Å². The number of hydrogen-bond acceptors (Lipinski definition) is 5. The summed E-state index contributed by atoms with van der Waals surface area (Å²) in [5, 5.41) is 13.3.